The Morgan fingerprint density at radius 1 is 1.07 bits per heavy atom. The van der Waals surface area contributed by atoms with Crippen LogP contribution in [0.1, 0.15) is 0 Å². The van der Waals surface area contributed by atoms with Crippen molar-refractivity contribution in [3.05, 3.63) is 36.4 Å². The molecule has 0 saturated heterocycles. The molecular formula is C15H12N2O8S4-2. The lowest BCUT2D eigenvalue weighted by Gasteiger charge is -2.15. The van der Waals surface area contributed by atoms with Gasteiger partial charge in [0.05, 0.1) is 30.8 Å². The van der Waals surface area contributed by atoms with Crippen LogP contribution in [0.3, 0.4) is 0 Å². The van der Waals surface area contributed by atoms with E-state index in [1.54, 1.807) is 18.2 Å². The largest absolute Gasteiger partial charge is 0.744 e. The number of aromatic nitrogens is 1. The molecule has 1 heterocycles. The molecule has 156 valence electrons. The number of benzene rings is 2. The first-order valence-electron chi connectivity index (χ1n) is 7.61. The van der Waals surface area contributed by atoms with Crippen LogP contribution in [-0.4, -0.2) is 48.1 Å². The Kier molecular flexibility index (Phi) is 5.93. The van der Waals surface area contributed by atoms with Crippen molar-refractivity contribution >= 4 is 58.3 Å². The maximum Gasteiger partial charge on any atom is 0.181 e. The van der Waals surface area contributed by atoms with Gasteiger partial charge in [-0.15, -0.1) is 11.3 Å². The maximum absolute atomic E-state index is 11.5. The van der Waals surface area contributed by atoms with Crippen molar-refractivity contribution in [1.29, 1.82) is 0 Å². The van der Waals surface area contributed by atoms with Crippen molar-refractivity contribution in [3.63, 3.8) is 0 Å². The monoisotopic (exact) mass is 476 g/mol. The lowest BCUT2D eigenvalue weighted by Crippen LogP contribution is -2.10. The maximum atomic E-state index is 11.5. The third-order valence-electron chi connectivity index (χ3n) is 3.56. The minimum absolute atomic E-state index is 0.225. The number of rotatable bonds is 7. The summed E-state index contributed by atoms with van der Waals surface area (Å²) in [6.07, 6.45) is 1.53. The number of anilines is 1. The molecule has 3 rings (SSSR count). The summed E-state index contributed by atoms with van der Waals surface area (Å²) in [7, 11) is -11.2. The molecule has 0 aliphatic rings. The third kappa shape index (κ3) is 5.29. The van der Waals surface area contributed by atoms with Crippen molar-refractivity contribution in [2.75, 3.05) is 18.3 Å². The predicted octanol–water partition coefficient (Wildman–Crippen LogP) is 1.29. The molecule has 0 radical (unpaired) electrons. The van der Waals surface area contributed by atoms with Crippen LogP contribution in [0.15, 0.2) is 50.5 Å². The van der Waals surface area contributed by atoms with Gasteiger partial charge >= 0.3 is 0 Å². The summed E-state index contributed by atoms with van der Waals surface area (Å²) in [5, 5.41) is 2.87. The van der Waals surface area contributed by atoms with E-state index in [4.69, 9.17) is 4.74 Å². The smallest absolute Gasteiger partial charge is 0.181 e. The molecule has 2 aromatic carbocycles. The number of thiazole rings is 1. The quantitative estimate of drug-likeness (QED) is 0.388. The van der Waals surface area contributed by atoms with Gasteiger partial charge in [-0.2, -0.15) is 0 Å². The van der Waals surface area contributed by atoms with Crippen LogP contribution in [-0.2, 0) is 31.0 Å². The minimum atomic E-state index is -5.00. The lowest BCUT2D eigenvalue weighted by atomic mass is 10.3. The van der Waals surface area contributed by atoms with Crippen LogP contribution in [0.4, 0.5) is 5.69 Å². The highest BCUT2D eigenvalue weighted by molar-refractivity contribution is 7.87. The van der Waals surface area contributed by atoms with E-state index in [9.17, 15) is 30.1 Å². The zero-order valence-electron chi connectivity index (χ0n) is 14.5. The highest BCUT2D eigenvalue weighted by Crippen LogP contribution is 2.27. The fourth-order valence-corrected chi connectivity index (χ4v) is 5.10. The molecule has 1 atom stereocenters. The zero-order chi connectivity index (χ0) is 21.4. The number of nitrogens with zero attached hydrogens (tertiary/aromatic N) is 1. The minimum Gasteiger partial charge on any atom is -0.744 e. The van der Waals surface area contributed by atoms with Crippen LogP contribution in [0.5, 0.6) is 5.75 Å². The van der Waals surface area contributed by atoms with Gasteiger partial charge in [0, 0.05) is 11.9 Å². The van der Waals surface area contributed by atoms with E-state index in [-0.39, 0.29) is 12.5 Å². The van der Waals surface area contributed by atoms with Gasteiger partial charge in [0.2, 0.25) is 0 Å². The second-order valence-electron chi connectivity index (χ2n) is 5.63. The van der Waals surface area contributed by atoms with Crippen LogP contribution < -0.4 is 10.1 Å². The number of hydrogen-bond acceptors (Lipinski definition) is 11. The fourth-order valence-electron chi connectivity index (χ4n) is 2.26. The Hall–Kier alpha value is -2.10. The number of nitrogens with one attached hydrogen (secondary N) is 1. The highest BCUT2D eigenvalue weighted by atomic mass is 32.2. The van der Waals surface area contributed by atoms with E-state index < -0.39 is 40.8 Å². The summed E-state index contributed by atoms with van der Waals surface area (Å²) < 4.78 is 85.1. The van der Waals surface area contributed by atoms with Crippen molar-refractivity contribution in [2.45, 2.75) is 14.1 Å². The molecule has 0 spiro atoms. The van der Waals surface area contributed by atoms with Gasteiger partial charge in [-0.3, -0.25) is 4.21 Å². The van der Waals surface area contributed by atoms with Crippen LogP contribution in [0.25, 0.3) is 10.2 Å². The molecule has 1 N–H and O–H groups in total. The normalized spacial score (nSPS) is 13.3. The molecule has 10 nitrogen and oxygen atoms in total. The molecule has 1 unspecified atom stereocenters. The summed E-state index contributed by atoms with van der Waals surface area (Å²) in [5.74, 6) is -0.286. The number of ether oxygens (including phenoxy) is 1. The third-order valence-corrected chi connectivity index (χ3v) is 7.54. The van der Waals surface area contributed by atoms with E-state index in [0.29, 0.717) is 21.6 Å². The molecule has 3 aromatic rings. The van der Waals surface area contributed by atoms with Crippen LogP contribution in [0, 0.1) is 0 Å². The SMILES string of the molecule is CS(=O)c1nc2ccc(NCOc3cc(S(=O)(=O)[O-])cc(S(=O)(=O)[O-])c3)cc2s1. The van der Waals surface area contributed by atoms with Gasteiger partial charge in [-0.1, -0.05) is 0 Å². The van der Waals surface area contributed by atoms with Gasteiger partial charge in [0.25, 0.3) is 0 Å². The number of fused-ring (bicyclic) bond motifs is 1. The summed E-state index contributed by atoms with van der Waals surface area (Å²) in [6.45, 7) is -0.225. The average molecular weight is 477 g/mol. The lowest BCUT2D eigenvalue weighted by molar-refractivity contribution is 0.344. The molecule has 0 aliphatic heterocycles. The summed E-state index contributed by atoms with van der Waals surface area (Å²) in [5.41, 5.74) is 1.27. The molecule has 0 amide bonds. The average Bonchev–Trinajstić information content (AvgIpc) is 3.04. The molecular weight excluding hydrogens is 464 g/mol. The first kappa shape index (κ1) is 21.6. The van der Waals surface area contributed by atoms with Crippen molar-refractivity contribution in [1.82, 2.24) is 4.98 Å². The Morgan fingerprint density at radius 2 is 1.69 bits per heavy atom. The van der Waals surface area contributed by atoms with E-state index in [0.717, 1.165) is 16.8 Å². The van der Waals surface area contributed by atoms with Gasteiger partial charge in [0.15, 0.2) is 11.1 Å². The van der Waals surface area contributed by atoms with Crippen LogP contribution in [0.2, 0.25) is 0 Å². The van der Waals surface area contributed by atoms with Crippen molar-refractivity contribution < 1.29 is 34.9 Å². The van der Waals surface area contributed by atoms with E-state index in [2.05, 4.69) is 10.3 Å². The second-order valence-corrected chi connectivity index (χ2v) is 11.0. The Bertz CT molecular complexity index is 1270. The molecule has 1 aromatic heterocycles. The molecule has 29 heavy (non-hydrogen) atoms. The first-order chi connectivity index (χ1) is 13.4. The highest BCUT2D eigenvalue weighted by Gasteiger charge is 2.12. The van der Waals surface area contributed by atoms with Crippen LogP contribution >= 0.6 is 11.3 Å². The summed E-state index contributed by atoms with van der Waals surface area (Å²) in [6, 6.07) is 7.26. The standard InChI is InChI=1S/C15H14N2O8S4/c1-27(18)15-17-13-3-2-9(4-14(13)26-15)16-8-25-10-5-11(28(19,20)21)7-12(6-10)29(22,23)24/h2-7,16H,8H2,1H3,(H,19,20,21)(H,22,23,24)/p-2. The van der Waals surface area contributed by atoms with Gasteiger partial charge < -0.3 is 19.2 Å². The Morgan fingerprint density at radius 3 is 2.24 bits per heavy atom. The van der Waals surface area contributed by atoms with E-state index in [1.807, 2.05) is 0 Å². The van der Waals surface area contributed by atoms with Gasteiger partial charge in [-0.25, -0.2) is 21.8 Å². The summed E-state index contributed by atoms with van der Waals surface area (Å²) >= 11 is 1.26. The number of hydrogen-bond donors (Lipinski definition) is 1. The van der Waals surface area contributed by atoms with Gasteiger partial charge in [0.1, 0.15) is 26.0 Å². The summed E-state index contributed by atoms with van der Waals surface area (Å²) in [4.78, 5) is 2.45. The van der Waals surface area contributed by atoms with Gasteiger partial charge in [-0.05, 0) is 36.4 Å². The molecule has 14 heteroatoms. The molecule has 0 bridgehead atoms. The topological polar surface area (TPSA) is 166 Å². The van der Waals surface area contributed by atoms with Crippen molar-refractivity contribution in [2.24, 2.45) is 0 Å². The zero-order valence-corrected chi connectivity index (χ0v) is 17.8. The van der Waals surface area contributed by atoms with Crippen molar-refractivity contribution in [3.8, 4) is 5.75 Å². The molecule has 0 saturated carbocycles. The van der Waals surface area contributed by atoms with E-state index >= 15 is 0 Å². The first-order valence-corrected chi connectivity index (χ1v) is 12.8. The Balaban J connectivity index is 1.79. The predicted molar refractivity (Wildman–Crippen MR) is 103 cm³/mol. The van der Waals surface area contributed by atoms with E-state index in [1.165, 1.54) is 17.6 Å². The molecule has 0 fully saturated rings. The fraction of sp³-hybridized carbons (Fsp3) is 0.133. The molecule has 0 aliphatic carbocycles. The second kappa shape index (κ2) is 7.97. The Labute approximate surface area is 172 Å².